The molecule has 2 fully saturated rings. The number of hydroxylamine groups is 2. The van der Waals surface area contributed by atoms with E-state index in [9.17, 15) is 9.59 Å². The van der Waals surface area contributed by atoms with E-state index in [1.54, 1.807) is 0 Å². The molecule has 2 bridgehead atoms. The predicted molar refractivity (Wildman–Crippen MR) is 81.0 cm³/mol. The topological polar surface area (TPSA) is 70.1 Å². The molecule has 2 saturated heterocycles. The molecule has 0 radical (unpaired) electrons. The minimum Gasteiger partial charge on any atom is -0.480 e. The summed E-state index contributed by atoms with van der Waals surface area (Å²) in [6.07, 6.45) is 1.14. The van der Waals surface area contributed by atoms with Crippen molar-refractivity contribution in [3.05, 3.63) is 35.9 Å². The SMILES string of the molecule is CC.O=C(O)[C@@H]1CCC2CN1C(=O)N2OCc1ccccc1. The summed E-state index contributed by atoms with van der Waals surface area (Å²) in [5.41, 5.74) is 0.978. The second kappa shape index (κ2) is 7.26. The van der Waals surface area contributed by atoms with Crippen LogP contribution in [-0.4, -0.2) is 45.7 Å². The molecule has 0 saturated carbocycles. The van der Waals surface area contributed by atoms with Gasteiger partial charge >= 0.3 is 12.0 Å². The number of aliphatic carboxylic acids is 1. The third kappa shape index (κ3) is 3.22. The Morgan fingerprint density at radius 1 is 1.27 bits per heavy atom. The van der Waals surface area contributed by atoms with Gasteiger partial charge in [-0.3, -0.25) is 4.84 Å². The Balaban J connectivity index is 0.000000847. The van der Waals surface area contributed by atoms with Crippen molar-refractivity contribution in [2.45, 2.75) is 45.4 Å². The van der Waals surface area contributed by atoms with Gasteiger partial charge in [0, 0.05) is 6.54 Å². The first-order valence-corrected chi connectivity index (χ1v) is 7.66. The van der Waals surface area contributed by atoms with E-state index in [1.807, 2.05) is 44.2 Å². The Bertz CT molecular complexity index is 520. The summed E-state index contributed by atoms with van der Waals surface area (Å²) in [5.74, 6) is -0.943. The van der Waals surface area contributed by atoms with E-state index in [-0.39, 0.29) is 12.1 Å². The molecule has 2 aliphatic heterocycles. The van der Waals surface area contributed by atoms with Gasteiger partial charge in [0.2, 0.25) is 0 Å². The molecule has 0 aromatic heterocycles. The molecular formula is C16H22N2O4. The van der Waals surface area contributed by atoms with Crippen LogP contribution in [0.25, 0.3) is 0 Å². The van der Waals surface area contributed by atoms with E-state index in [1.165, 1.54) is 9.96 Å². The Labute approximate surface area is 130 Å². The lowest BCUT2D eigenvalue weighted by Crippen LogP contribution is -2.44. The number of nitrogens with zero attached hydrogens (tertiary/aromatic N) is 2. The van der Waals surface area contributed by atoms with E-state index >= 15 is 0 Å². The van der Waals surface area contributed by atoms with E-state index < -0.39 is 12.0 Å². The second-order valence-electron chi connectivity index (χ2n) is 5.10. The summed E-state index contributed by atoms with van der Waals surface area (Å²) in [4.78, 5) is 30.3. The zero-order chi connectivity index (χ0) is 16.1. The van der Waals surface area contributed by atoms with Gasteiger partial charge < -0.3 is 10.0 Å². The first-order valence-electron chi connectivity index (χ1n) is 7.66. The molecule has 1 N–H and O–H groups in total. The molecule has 2 heterocycles. The van der Waals surface area contributed by atoms with Gasteiger partial charge in [0.05, 0.1) is 6.04 Å². The van der Waals surface area contributed by atoms with Gasteiger partial charge in [-0.25, -0.2) is 9.59 Å². The molecular weight excluding hydrogens is 284 g/mol. The van der Waals surface area contributed by atoms with Crippen LogP contribution in [0.1, 0.15) is 32.3 Å². The highest BCUT2D eigenvalue weighted by atomic mass is 16.7. The highest BCUT2D eigenvalue weighted by Gasteiger charge is 2.47. The highest BCUT2D eigenvalue weighted by molar-refractivity contribution is 5.84. The van der Waals surface area contributed by atoms with E-state index in [0.29, 0.717) is 26.0 Å². The summed E-state index contributed by atoms with van der Waals surface area (Å²) in [5, 5.41) is 10.5. The van der Waals surface area contributed by atoms with Gasteiger partial charge in [0.15, 0.2) is 0 Å². The molecule has 2 atom stereocenters. The van der Waals surface area contributed by atoms with Gasteiger partial charge in [-0.1, -0.05) is 44.2 Å². The average Bonchev–Trinajstić information content (AvgIpc) is 2.79. The maximum atomic E-state index is 12.2. The highest BCUT2D eigenvalue weighted by Crippen LogP contribution is 2.30. The largest absolute Gasteiger partial charge is 0.480 e. The summed E-state index contributed by atoms with van der Waals surface area (Å²) in [6, 6.07) is 8.49. The normalized spacial score (nSPS) is 23.1. The number of rotatable bonds is 4. The fraction of sp³-hybridized carbons (Fsp3) is 0.500. The van der Waals surface area contributed by atoms with Gasteiger partial charge in [0.25, 0.3) is 0 Å². The van der Waals surface area contributed by atoms with Crippen molar-refractivity contribution in [2.75, 3.05) is 6.54 Å². The maximum Gasteiger partial charge on any atom is 0.345 e. The molecule has 0 spiro atoms. The predicted octanol–water partition coefficient (Wildman–Crippen LogP) is 2.50. The van der Waals surface area contributed by atoms with Crippen LogP contribution in [0.2, 0.25) is 0 Å². The number of carbonyl (C=O) groups is 2. The van der Waals surface area contributed by atoms with Crippen LogP contribution in [0.5, 0.6) is 0 Å². The molecule has 120 valence electrons. The van der Waals surface area contributed by atoms with Crippen molar-refractivity contribution in [2.24, 2.45) is 0 Å². The second-order valence-corrected chi connectivity index (χ2v) is 5.10. The van der Waals surface area contributed by atoms with Crippen molar-refractivity contribution in [3.8, 4) is 0 Å². The molecule has 2 aliphatic rings. The van der Waals surface area contributed by atoms with Crippen molar-refractivity contribution in [1.82, 2.24) is 9.96 Å². The molecule has 0 aliphatic carbocycles. The Hall–Kier alpha value is -2.08. The van der Waals surface area contributed by atoms with Gasteiger partial charge in [-0.05, 0) is 18.4 Å². The number of amides is 2. The standard InChI is InChI=1S/C14H16N2O4.C2H6/c17-13(18)12-7-6-11-8-15(12)14(19)16(11)20-9-10-4-2-1-3-5-10;1-2/h1-5,11-12H,6-9H2,(H,17,18);1-2H3/t11?,12-;/m0./s1. The van der Waals surface area contributed by atoms with Crippen LogP contribution in [-0.2, 0) is 16.2 Å². The number of carboxylic acid groups (broad SMARTS) is 1. The number of hydrogen-bond acceptors (Lipinski definition) is 3. The lowest BCUT2D eigenvalue weighted by atomic mass is 10.0. The molecule has 1 aromatic carbocycles. The summed E-state index contributed by atoms with van der Waals surface area (Å²) in [7, 11) is 0. The fourth-order valence-corrected chi connectivity index (χ4v) is 2.77. The number of urea groups is 1. The first kappa shape index (κ1) is 16.3. The van der Waals surface area contributed by atoms with E-state index in [4.69, 9.17) is 9.94 Å². The number of hydrogen-bond donors (Lipinski definition) is 1. The van der Waals surface area contributed by atoms with Crippen LogP contribution in [0.15, 0.2) is 30.3 Å². The summed E-state index contributed by atoms with van der Waals surface area (Å²) >= 11 is 0. The van der Waals surface area contributed by atoms with Gasteiger partial charge in [-0.2, -0.15) is 5.06 Å². The van der Waals surface area contributed by atoms with E-state index in [0.717, 1.165) is 5.56 Å². The van der Waals surface area contributed by atoms with Crippen molar-refractivity contribution >= 4 is 12.0 Å². The van der Waals surface area contributed by atoms with Crippen molar-refractivity contribution in [1.29, 1.82) is 0 Å². The Morgan fingerprint density at radius 2 is 1.95 bits per heavy atom. The molecule has 6 nitrogen and oxygen atoms in total. The number of carboxylic acids is 1. The molecule has 2 amide bonds. The van der Waals surface area contributed by atoms with Gasteiger partial charge in [-0.15, -0.1) is 0 Å². The smallest absolute Gasteiger partial charge is 0.345 e. The quantitative estimate of drug-likeness (QED) is 0.928. The zero-order valence-corrected chi connectivity index (χ0v) is 12.9. The van der Waals surface area contributed by atoms with Gasteiger partial charge in [0.1, 0.15) is 12.6 Å². The van der Waals surface area contributed by atoms with E-state index in [2.05, 4.69) is 0 Å². The lowest BCUT2D eigenvalue weighted by molar-refractivity contribution is -0.143. The molecule has 1 aromatic rings. The monoisotopic (exact) mass is 306 g/mol. The van der Waals surface area contributed by atoms with Crippen LogP contribution < -0.4 is 0 Å². The zero-order valence-electron chi connectivity index (χ0n) is 12.9. The van der Waals surface area contributed by atoms with Crippen molar-refractivity contribution in [3.63, 3.8) is 0 Å². The number of piperidine rings is 1. The number of benzene rings is 1. The Kier molecular flexibility index (Phi) is 5.38. The van der Waals surface area contributed by atoms with Crippen LogP contribution in [0.3, 0.4) is 0 Å². The molecule has 22 heavy (non-hydrogen) atoms. The van der Waals surface area contributed by atoms with Crippen LogP contribution in [0, 0.1) is 0 Å². The van der Waals surface area contributed by atoms with Crippen molar-refractivity contribution < 1.29 is 19.5 Å². The third-order valence-electron chi connectivity index (χ3n) is 3.82. The summed E-state index contributed by atoms with van der Waals surface area (Å²) in [6.45, 7) is 4.75. The molecule has 6 heteroatoms. The minimum absolute atomic E-state index is 0.0400. The fourth-order valence-electron chi connectivity index (χ4n) is 2.77. The average molecular weight is 306 g/mol. The van der Waals surface area contributed by atoms with Crippen LogP contribution >= 0.6 is 0 Å². The Morgan fingerprint density at radius 3 is 2.59 bits per heavy atom. The lowest BCUT2D eigenvalue weighted by Gasteiger charge is -2.26. The third-order valence-corrected chi connectivity index (χ3v) is 3.82. The first-order chi connectivity index (χ1) is 10.7. The maximum absolute atomic E-state index is 12.2. The molecule has 3 rings (SSSR count). The molecule has 1 unspecified atom stereocenters. The number of fused-ring (bicyclic) bond motifs is 2. The minimum atomic E-state index is -0.943. The summed E-state index contributed by atoms with van der Waals surface area (Å²) < 4.78 is 0. The van der Waals surface area contributed by atoms with Crippen LogP contribution in [0.4, 0.5) is 4.79 Å². The number of carbonyl (C=O) groups excluding carboxylic acids is 1.